The summed E-state index contributed by atoms with van der Waals surface area (Å²) in [6, 6.07) is 6.16. The molecule has 1 aliphatic heterocycles. The molecule has 1 heterocycles. The van der Waals surface area contributed by atoms with Gasteiger partial charge >= 0.3 is 5.97 Å². The van der Waals surface area contributed by atoms with Gasteiger partial charge in [-0.1, -0.05) is 12.1 Å². The highest BCUT2D eigenvalue weighted by Crippen LogP contribution is 2.36. The van der Waals surface area contributed by atoms with Crippen molar-refractivity contribution in [2.24, 2.45) is 11.8 Å². The van der Waals surface area contributed by atoms with E-state index in [1.807, 2.05) is 0 Å². The van der Waals surface area contributed by atoms with Gasteiger partial charge in [0.2, 0.25) is 5.91 Å². The van der Waals surface area contributed by atoms with Gasteiger partial charge in [0.05, 0.1) is 17.9 Å². The molecule has 6 heteroatoms. The van der Waals surface area contributed by atoms with Crippen molar-refractivity contribution in [3.63, 3.8) is 0 Å². The summed E-state index contributed by atoms with van der Waals surface area (Å²) in [6.45, 7) is 1.39. The molecule has 1 saturated heterocycles. The average Bonchev–Trinajstić information content (AvgIpc) is 2.97. The van der Waals surface area contributed by atoms with Gasteiger partial charge in [-0.3, -0.25) is 9.59 Å². The summed E-state index contributed by atoms with van der Waals surface area (Å²) in [7, 11) is 0. The van der Waals surface area contributed by atoms with Crippen LogP contribution >= 0.6 is 0 Å². The van der Waals surface area contributed by atoms with Crippen LogP contribution in [-0.2, 0) is 20.9 Å². The number of nitrogens with zero attached hydrogens (tertiary/aromatic N) is 1. The number of amides is 1. The molecule has 5 nitrogen and oxygen atoms in total. The van der Waals surface area contributed by atoms with Gasteiger partial charge in [-0.2, -0.15) is 0 Å². The summed E-state index contributed by atoms with van der Waals surface area (Å²) < 4.78 is 19.0. The van der Waals surface area contributed by atoms with Gasteiger partial charge in [0, 0.05) is 19.7 Å². The second-order valence-electron chi connectivity index (χ2n) is 6.61. The van der Waals surface area contributed by atoms with Crippen molar-refractivity contribution in [3.05, 3.63) is 35.6 Å². The van der Waals surface area contributed by atoms with E-state index in [-0.39, 0.29) is 24.4 Å². The van der Waals surface area contributed by atoms with Crippen LogP contribution in [0.5, 0.6) is 0 Å². The van der Waals surface area contributed by atoms with E-state index in [9.17, 15) is 19.1 Å². The molecule has 1 amide bonds. The third-order valence-electron chi connectivity index (χ3n) is 4.93. The van der Waals surface area contributed by atoms with E-state index in [1.165, 1.54) is 12.1 Å². The molecule has 24 heavy (non-hydrogen) atoms. The number of ether oxygens (including phenoxy) is 1. The first-order valence-electron chi connectivity index (χ1n) is 8.42. The molecule has 0 spiro atoms. The van der Waals surface area contributed by atoms with Crippen molar-refractivity contribution in [3.8, 4) is 0 Å². The first-order chi connectivity index (χ1) is 11.5. The SMILES string of the molecule is O=C(O)C1CCC1C(=O)N(Cc1cccc(F)c1)CC1CCCO1. The quantitative estimate of drug-likeness (QED) is 0.867. The largest absolute Gasteiger partial charge is 0.481 e. The van der Waals surface area contributed by atoms with Gasteiger partial charge < -0.3 is 14.7 Å². The molecule has 1 aliphatic carbocycles. The lowest BCUT2D eigenvalue weighted by molar-refractivity contribution is -0.157. The van der Waals surface area contributed by atoms with Gasteiger partial charge in [0.1, 0.15) is 5.82 Å². The van der Waals surface area contributed by atoms with E-state index in [0.717, 1.165) is 12.8 Å². The number of carboxylic acids is 1. The maximum absolute atomic E-state index is 13.4. The summed E-state index contributed by atoms with van der Waals surface area (Å²) in [4.78, 5) is 25.7. The van der Waals surface area contributed by atoms with Crippen molar-refractivity contribution in [2.75, 3.05) is 13.2 Å². The Morgan fingerprint density at radius 3 is 2.62 bits per heavy atom. The van der Waals surface area contributed by atoms with Crippen molar-refractivity contribution in [2.45, 2.75) is 38.3 Å². The van der Waals surface area contributed by atoms with Crippen LogP contribution < -0.4 is 0 Å². The fourth-order valence-corrected chi connectivity index (χ4v) is 3.45. The third-order valence-corrected chi connectivity index (χ3v) is 4.93. The number of hydrogen-bond donors (Lipinski definition) is 1. The van der Waals surface area contributed by atoms with E-state index in [2.05, 4.69) is 0 Å². The number of carbonyl (C=O) groups excluding carboxylic acids is 1. The van der Waals surface area contributed by atoms with Crippen molar-refractivity contribution < 1.29 is 23.8 Å². The normalized spacial score (nSPS) is 26.0. The Balaban J connectivity index is 1.73. The first kappa shape index (κ1) is 16.9. The van der Waals surface area contributed by atoms with Gasteiger partial charge in [-0.15, -0.1) is 0 Å². The molecule has 2 aliphatic rings. The molecule has 3 atom stereocenters. The fraction of sp³-hybridized carbons (Fsp3) is 0.556. The average molecular weight is 335 g/mol. The van der Waals surface area contributed by atoms with Crippen LogP contribution in [0, 0.1) is 17.7 Å². The minimum atomic E-state index is -0.914. The molecule has 3 unspecified atom stereocenters. The van der Waals surface area contributed by atoms with Gasteiger partial charge in [0.25, 0.3) is 0 Å². The van der Waals surface area contributed by atoms with Crippen LogP contribution in [-0.4, -0.2) is 41.1 Å². The number of aliphatic carboxylic acids is 1. The minimum Gasteiger partial charge on any atom is -0.481 e. The van der Waals surface area contributed by atoms with E-state index in [1.54, 1.807) is 17.0 Å². The molecule has 1 N–H and O–H groups in total. The lowest BCUT2D eigenvalue weighted by atomic mass is 9.73. The molecule has 1 saturated carbocycles. The zero-order valence-electron chi connectivity index (χ0n) is 13.5. The van der Waals surface area contributed by atoms with Crippen LogP contribution in [0.4, 0.5) is 4.39 Å². The number of rotatable bonds is 6. The van der Waals surface area contributed by atoms with Crippen molar-refractivity contribution in [1.29, 1.82) is 0 Å². The molecule has 0 radical (unpaired) electrons. The predicted molar refractivity (Wildman–Crippen MR) is 84.6 cm³/mol. The zero-order chi connectivity index (χ0) is 17.1. The first-order valence-corrected chi connectivity index (χ1v) is 8.42. The van der Waals surface area contributed by atoms with Crippen molar-refractivity contribution in [1.82, 2.24) is 4.90 Å². The van der Waals surface area contributed by atoms with Gasteiger partial charge in [0.15, 0.2) is 0 Å². The lowest BCUT2D eigenvalue weighted by Gasteiger charge is -2.37. The van der Waals surface area contributed by atoms with Crippen molar-refractivity contribution >= 4 is 11.9 Å². The summed E-state index contributed by atoms with van der Waals surface area (Å²) in [5.74, 6) is -2.49. The lowest BCUT2D eigenvalue weighted by Crippen LogP contribution is -2.47. The van der Waals surface area contributed by atoms with E-state index >= 15 is 0 Å². The Bertz CT molecular complexity index is 615. The second kappa shape index (κ2) is 7.30. The van der Waals surface area contributed by atoms with Crippen LogP contribution in [0.25, 0.3) is 0 Å². The molecule has 130 valence electrons. The maximum Gasteiger partial charge on any atom is 0.307 e. The molecule has 1 aromatic carbocycles. The summed E-state index contributed by atoms with van der Waals surface area (Å²) in [5, 5.41) is 9.20. The molecule has 0 aromatic heterocycles. The standard InChI is InChI=1S/C18H22FNO4/c19-13-4-1-3-12(9-13)10-20(11-14-5-2-8-24-14)17(21)15-6-7-16(15)18(22)23/h1,3-4,9,14-16H,2,5-8,10-11H2,(H,22,23). The summed E-state index contributed by atoms with van der Waals surface area (Å²) in [6.07, 6.45) is 2.97. The Labute approximate surface area is 140 Å². The molecule has 3 rings (SSSR count). The smallest absolute Gasteiger partial charge is 0.307 e. The monoisotopic (exact) mass is 335 g/mol. The summed E-state index contributed by atoms with van der Waals surface area (Å²) >= 11 is 0. The summed E-state index contributed by atoms with van der Waals surface area (Å²) in [5.41, 5.74) is 0.701. The molecule has 2 fully saturated rings. The minimum absolute atomic E-state index is 0.0223. The van der Waals surface area contributed by atoms with E-state index in [0.29, 0.717) is 31.6 Å². The van der Waals surface area contributed by atoms with Crippen LogP contribution in [0.3, 0.4) is 0 Å². The Hall–Kier alpha value is -1.95. The predicted octanol–water partition coefficient (Wildman–Crippen LogP) is 2.44. The Morgan fingerprint density at radius 1 is 1.25 bits per heavy atom. The Morgan fingerprint density at radius 2 is 2.04 bits per heavy atom. The second-order valence-corrected chi connectivity index (χ2v) is 6.61. The van der Waals surface area contributed by atoms with Gasteiger partial charge in [-0.05, 0) is 43.4 Å². The molecule has 0 bridgehead atoms. The van der Waals surface area contributed by atoms with E-state index < -0.39 is 17.8 Å². The number of carbonyl (C=O) groups is 2. The van der Waals surface area contributed by atoms with E-state index in [4.69, 9.17) is 4.74 Å². The highest BCUT2D eigenvalue weighted by atomic mass is 19.1. The number of carboxylic acid groups (broad SMARTS) is 1. The zero-order valence-corrected chi connectivity index (χ0v) is 13.5. The highest BCUT2D eigenvalue weighted by molar-refractivity contribution is 5.86. The highest BCUT2D eigenvalue weighted by Gasteiger charge is 2.43. The number of benzene rings is 1. The molecule has 1 aromatic rings. The molecular weight excluding hydrogens is 313 g/mol. The maximum atomic E-state index is 13.4. The third kappa shape index (κ3) is 3.75. The van der Waals surface area contributed by atoms with Gasteiger partial charge in [-0.25, -0.2) is 4.39 Å². The number of halogens is 1. The Kier molecular flexibility index (Phi) is 5.14. The number of hydrogen-bond acceptors (Lipinski definition) is 3. The van der Waals surface area contributed by atoms with Crippen LogP contribution in [0.15, 0.2) is 24.3 Å². The topological polar surface area (TPSA) is 66.8 Å². The van der Waals surface area contributed by atoms with Crippen LogP contribution in [0.2, 0.25) is 0 Å². The fourth-order valence-electron chi connectivity index (χ4n) is 3.45. The molecular formula is C18H22FNO4. The van der Waals surface area contributed by atoms with Crippen LogP contribution in [0.1, 0.15) is 31.2 Å².